The predicted octanol–water partition coefficient (Wildman–Crippen LogP) is 0.705. The topological polar surface area (TPSA) is 75.4 Å². The second kappa shape index (κ2) is 6.68. The highest BCUT2D eigenvalue weighted by atomic mass is 32.2. The molecule has 1 aliphatic rings. The van der Waals surface area contributed by atoms with Crippen molar-refractivity contribution in [3.63, 3.8) is 0 Å². The highest BCUT2D eigenvalue weighted by Gasteiger charge is 2.19. The van der Waals surface area contributed by atoms with E-state index in [-0.39, 0.29) is 11.1 Å². The molecular formula is C9H17N3O2S. The molecule has 3 N–H and O–H groups in total. The zero-order valence-electron chi connectivity index (χ0n) is 8.70. The van der Waals surface area contributed by atoms with Gasteiger partial charge in [-0.1, -0.05) is 18.2 Å². The second-order valence-electron chi connectivity index (χ2n) is 3.48. The van der Waals surface area contributed by atoms with Crippen LogP contribution in [0, 0.1) is 0 Å². The molecule has 1 heterocycles. The SMILES string of the molecule is NNC(=O)CCCCCN1CCSC1=O. The maximum atomic E-state index is 11.2. The molecule has 1 saturated heterocycles. The Morgan fingerprint density at radius 2 is 2.27 bits per heavy atom. The average Bonchev–Trinajstić information content (AvgIpc) is 2.63. The predicted molar refractivity (Wildman–Crippen MR) is 60.2 cm³/mol. The summed E-state index contributed by atoms with van der Waals surface area (Å²) in [4.78, 5) is 23.8. The Balaban J connectivity index is 1.97. The molecule has 2 amide bonds. The first-order valence-corrected chi connectivity index (χ1v) is 6.13. The van der Waals surface area contributed by atoms with E-state index in [9.17, 15) is 9.59 Å². The molecule has 15 heavy (non-hydrogen) atoms. The number of thioether (sulfide) groups is 1. The number of carbonyl (C=O) groups excluding carboxylic acids is 2. The zero-order chi connectivity index (χ0) is 11.1. The quantitative estimate of drug-likeness (QED) is 0.305. The van der Waals surface area contributed by atoms with Gasteiger partial charge < -0.3 is 4.90 Å². The highest BCUT2D eigenvalue weighted by Crippen LogP contribution is 2.17. The first-order chi connectivity index (χ1) is 7.24. The summed E-state index contributed by atoms with van der Waals surface area (Å²) in [5.74, 6) is 5.74. The number of hydrazine groups is 1. The van der Waals surface area contributed by atoms with E-state index < -0.39 is 0 Å². The summed E-state index contributed by atoms with van der Waals surface area (Å²) < 4.78 is 0. The van der Waals surface area contributed by atoms with E-state index in [4.69, 9.17) is 5.84 Å². The van der Waals surface area contributed by atoms with Crippen LogP contribution in [-0.4, -0.2) is 34.9 Å². The molecular weight excluding hydrogens is 214 g/mol. The van der Waals surface area contributed by atoms with Crippen molar-refractivity contribution in [1.82, 2.24) is 10.3 Å². The van der Waals surface area contributed by atoms with Crippen LogP contribution in [0.15, 0.2) is 0 Å². The molecule has 1 fully saturated rings. The molecule has 0 aromatic heterocycles. The van der Waals surface area contributed by atoms with Crippen molar-refractivity contribution >= 4 is 22.9 Å². The Kier molecular flexibility index (Phi) is 5.49. The number of carbonyl (C=O) groups is 2. The van der Waals surface area contributed by atoms with E-state index in [2.05, 4.69) is 5.43 Å². The molecule has 0 aromatic carbocycles. The van der Waals surface area contributed by atoms with Crippen LogP contribution in [-0.2, 0) is 4.79 Å². The van der Waals surface area contributed by atoms with Gasteiger partial charge in [-0.25, -0.2) is 5.84 Å². The monoisotopic (exact) mass is 231 g/mol. The van der Waals surface area contributed by atoms with Crippen LogP contribution < -0.4 is 11.3 Å². The Hall–Kier alpha value is -0.750. The standard InChI is InChI=1S/C9H17N3O2S/c10-11-8(13)4-2-1-3-5-12-6-7-15-9(12)14/h1-7,10H2,(H,11,13). The third-order valence-electron chi connectivity index (χ3n) is 2.34. The van der Waals surface area contributed by atoms with E-state index in [1.165, 1.54) is 11.8 Å². The lowest BCUT2D eigenvalue weighted by atomic mass is 10.2. The lowest BCUT2D eigenvalue weighted by molar-refractivity contribution is -0.121. The van der Waals surface area contributed by atoms with Gasteiger partial charge in [0.25, 0.3) is 5.24 Å². The van der Waals surface area contributed by atoms with Gasteiger partial charge >= 0.3 is 0 Å². The van der Waals surface area contributed by atoms with Gasteiger partial charge in [-0.2, -0.15) is 0 Å². The van der Waals surface area contributed by atoms with Crippen LogP contribution in [0.4, 0.5) is 4.79 Å². The number of hydrogen-bond donors (Lipinski definition) is 2. The molecule has 0 bridgehead atoms. The maximum absolute atomic E-state index is 11.2. The van der Waals surface area contributed by atoms with Gasteiger partial charge in [0.05, 0.1) is 0 Å². The molecule has 86 valence electrons. The number of unbranched alkanes of at least 4 members (excludes halogenated alkanes) is 2. The van der Waals surface area contributed by atoms with Crippen molar-refractivity contribution in [2.45, 2.75) is 25.7 Å². The number of nitrogens with zero attached hydrogens (tertiary/aromatic N) is 1. The van der Waals surface area contributed by atoms with E-state index in [1.807, 2.05) is 4.90 Å². The molecule has 5 nitrogen and oxygen atoms in total. The molecule has 1 aliphatic heterocycles. The van der Waals surface area contributed by atoms with Gasteiger partial charge in [-0.15, -0.1) is 0 Å². The maximum Gasteiger partial charge on any atom is 0.281 e. The van der Waals surface area contributed by atoms with E-state index in [0.29, 0.717) is 6.42 Å². The lowest BCUT2D eigenvalue weighted by Gasteiger charge is -2.13. The largest absolute Gasteiger partial charge is 0.333 e. The normalized spacial score (nSPS) is 15.8. The van der Waals surface area contributed by atoms with Gasteiger partial charge in [-0.05, 0) is 12.8 Å². The molecule has 0 aromatic rings. The van der Waals surface area contributed by atoms with Gasteiger partial charge in [0.2, 0.25) is 5.91 Å². The van der Waals surface area contributed by atoms with Crippen molar-refractivity contribution < 1.29 is 9.59 Å². The summed E-state index contributed by atoms with van der Waals surface area (Å²) in [6.45, 7) is 1.68. The van der Waals surface area contributed by atoms with E-state index in [1.54, 1.807) is 0 Å². The van der Waals surface area contributed by atoms with Crippen molar-refractivity contribution in [3.05, 3.63) is 0 Å². The average molecular weight is 231 g/mol. The van der Waals surface area contributed by atoms with Gasteiger partial charge in [-0.3, -0.25) is 15.0 Å². The first kappa shape index (κ1) is 12.3. The Bertz CT molecular complexity index is 235. The minimum atomic E-state index is -0.122. The molecule has 0 aliphatic carbocycles. The summed E-state index contributed by atoms with van der Waals surface area (Å²) in [6, 6.07) is 0. The molecule has 0 radical (unpaired) electrons. The van der Waals surface area contributed by atoms with Crippen LogP contribution in [0.5, 0.6) is 0 Å². The minimum Gasteiger partial charge on any atom is -0.333 e. The summed E-state index contributed by atoms with van der Waals surface area (Å²) in [5, 5.41) is 0.190. The van der Waals surface area contributed by atoms with Crippen molar-refractivity contribution in [1.29, 1.82) is 0 Å². The Morgan fingerprint density at radius 1 is 1.47 bits per heavy atom. The smallest absolute Gasteiger partial charge is 0.281 e. The van der Waals surface area contributed by atoms with Crippen LogP contribution in [0.25, 0.3) is 0 Å². The fourth-order valence-corrected chi connectivity index (χ4v) is 2.32. The summed E-state index contributed by atoms with van der Waals surface area (Å²) >= 11 is 1.38. The van der Waals surface area contributed by atoms with Crippen LogP contribution in [0.3, 0.4) is 0 Å². The molecule has 1 rings (SSSR count). The second-order valence-corrected chi connectivity index (χ2v) is 4.53. The fraction of sp³-hybridized carbons (Fsp3) is 0.778. The molecule has 0 atom stereocenters. The number of amides is 2. The number of hydrogen-bond acceptors (Lipinski definition) is 4. The van der Waals surface area contributed by atoms with E-state index >= 15 is 0 Å². The third-order valence-corrected chi connectivity index (χ3v) is 3.23. The lowest BCUT2D eigenvalue weighted by Crippen LogP contribution is -2.29. The van der Waals surface area contributed by atoms with Gasteiger partial charge in [0, 0.05) is 25.3 Å². The number of rotatable bonds is 6. The van der Waals surface area contributed by atoms with Crippen molar-refractivity contribution in [2.75, 3.05) is 18.8 Å². The van der Waals surface area contributed by atoms with Crippen LogP contribution in [0.2, 0.25) is 0 Å². The summed E-state index contributed by atoms with van der Waals surface area (Å²) in [5.41, 5.74) is 2.10. The van der Waals surface area contributed by atoms with Gasteiger partial charge in [0.1, 0.15) is 0 Å². The van der Waals surface area contributed by atoms with Crippen LogP contribution in [0.1, 0.15) is 25.7 Å². The zero-order valence-corrected chi connectivity index (χ0v) is 9.52. The molecule has 0 spiro atoms. The Morgan fingerprint density at radius 3 is 2.87 bits per heavy atom. The molecule has 6 heteroatoms. The minimum absolute atomic E-state index is 0.122. The van der Waals surface area contributed by atoms with Crippen LogP contribution >= 0.6 is 11.8 Å². The molecule has 0 unspecified atom stereocenters. The number of nitrogens with two attached hydrogens (primary N) is 1. The fourth-order valence-electron chi connectivity index (χ4n) is 1.47. The third kappa shape index (κ3) is 4.53. The van der Waals surface area contributed by atoms with Gasteiger partial charge in [0.15, 0.2) is 0 Å². The highest BCUT2D eigenvalue weighted by molar-refractivity contribution is 8.13. The summed E-state index contributed by atoms with van der Waals surface area (Å²) in [6.07, 6.45) is 3.23. The van der Waals surface area contributed by atoms with E-state index in [0.717, 1.165) is 38.1 Å². The van der Waals surface area contributed by atoms with Crippen molar-refractivity contribution in [3.8, 4) is 0 Å². The Labute approximate surface area is 93.7 Å². The summed E-state index contributed by atoms with van der Waals surface area (Å²) in [7, 11) is 0. The first-order valence-electron chi connectivity index (χ1n) is 5.15. The molecule has 0 saturated carbocycles. The number of nitrogens with one attached hydrogen (secondary N) is 1. The van der Waals surface area contributed by atoms with Crippen molar-refractivity contribution in [2.24, 2.45) is 5.84 Å².